The van der Waals surface area contributed by atoms with Gasteiger partial charge in [-0.1, -0.05) is 5.16 Å². The second-order valence-corrected chi connectivity index (χ2v) is 5.35. The minimum Gasteiger partial charge on any atom is -0.455 e. The standard InChI is InChI=1S/C13H19N3O5S/c1-4-14-13(19)15-11(17)5-20-12(18)7-22-6-10-8(2)16-21-9(10)3/h4-7H2,1-3H3,(H2,14,15,17,19). The molecule has 0 radical (unpaired) electrons. The number of esters is 1. The van der Waals surface area contributed by atoms with E-state index in [0.29, 0.717) is 12.3 Å². The number of rotatable bonds is 7. The van der Waals surface area contributed by atoms with Crippen LogP contribution in [0.3, 0.4) is 0 Å². The highest BCUT2D eigenvalue weighted by Crippen LogP contribution is 2.19. The lowest BCUT2D eigenvalue weighted by atomic mass is 10.2. The van der Waals surface area contributed by atoms with E-state index in [1.807, 2.05) is 12.2 Å². The number of amides is 3. The number of aromatic nitrogens is 1. The normalized spacial score (nSPS) is 10.1. The number of nitrogens with one attached hydrogen (secondary N) is 2. The molecule has 0 fully saturated rings. The SMILES string of the molecule is CCNC(=O)NC(=O)COC(=O)CSCc1c(C)noc1C. The van der Waals surface area contributed by atoms with Crippen molar-refractivity contribution in [3.63, 3.8) is 0 Å². The molecule has 1 aromatic rings. The highest BCUT2D eigenvalue weighted by molar-refractivity contribution is 7.99. The molecule has 0 unspecified atom stereocenters. The summed E-state index contributed by atoms with van der Waals surface area (Å²) in [5, 5.41) is 8.25. The first-order chi connectivity index (χ1) is 10.4. The molecule has 0 spiro atoms. The van der Waals surface area contributed by atoms with E-state index in [1.54, 1.807) is 13.8 Å². The molecule has 22 heavy (non-hydrogen) atoms. The number of thioether (sulfide) groups is 1. The van der Waals surface area contributed by atoms with Gasteiger partial charge < -0.3 is 14.6 Å². The van der Waals surface area contributed by atoms with Crippen LogP contribution in [0.2, 0.25) is 0 Å². The molecule has 0 saturated heterocycles. The van der Waals surface area contributed by atoms with Crippen molar-refractivity contribution in [1.82, 2.24) is 15.8 Å². The molecule has 2 N–H and O–H groups in total. The Morgan fingerprint density at radius 1 is 1.32 bits per heavy atom. The van der Waals surface area contributed by atoms with Crippen molar-refractivity contribution in [2.24, 2.45) is 0 Å². The molecule has 1 rings (SSSR count). The molecular formula is C13H19N3O5S. The van der Waals surface area contributed by atoms with Gasteiger partial charge in [-0.05, 0) is 20.8 Å². The second-order valence-electron chi connectivity index (χ2n) is 4.36. The summed E-state index contributed by atoms with van der Waals surface area (Å²) in [5.41, 5.74) is 1.74. The van der Waals surface area contributed by atoms with Crippen molar-refractivity contribution in [3.05, 3.63) is 17.0 Å². The van der Waals surface area contributed by atoms with Crippen LogP contribution in [0.15, 0.2) is 4.52 Å². The third-order valence-electron chi connectivity index (χ3n) is 2.60. The highest BCUT2D eigenvalue weighted by Gasteiger charge is 2.12. The van der Waals surface area contributed by atoms with Crippen LogP contribution >= 0.6 is 11.8 Å². The molecule has 8 nitrogen and oxygen atoms in total. The van der Waals surface area contributed by atoms with Crippen LogP contribution in [0.25, 0.3) is 0 Å². The predicted molar refractivity (Wildman–Crippen MR) is 80.3 cm³/mol. The summed E-state index contributed by atoms with van der Waals surface area (Å²) < 4.78 is 9.79. The number of urea groups is 1. The molecule has 122 valence electrons. The van der Waals surface area contributed by atoms with Crippen LogP contribution in [-0.2, 0) is 20.1 Å². The van der Waals surface area contributed by atoms with E-state index in [9.17, 15) is 14.4 Å². The minimum absolute atomic E-state index is 0.0957. The Balaban J connectivity index is 2.21. The van der Waals surface area contributed by atoms with Gasteiger partial charge in [-0.25, -0.2) is 4.79 Å². The van der Waals surface area contributed by atoms with Crippen LogP contribution < -0.4 is 10.6 Å². The largest absolute Gasteiger partial charge is 0.455 e. The summed E-state index contributed by atoms with van der Waals surface area (Å²) in [6.45, 7) is 5.27. The Morgan fingerprint density at radius 3 is 2.64 bits per heavy atom. The molecule has 0 saturated carbocycles. The molecule has 3 amide bonds. The van der Waals surface area contributed by atoms with Gasteiger partial charge in [0.15, 0.2) is 6.61 Å². The Morgan fingerprint density at radius 2 is 2.05 bits per heavy atom. The Kier molecular flexibility index (Phi) is 7.44. The summed E-state index contributed by atoms with van der Waals surface area (Å²) in [6, 6.07) is -0.615. The molecule has 0 atom stereocenters. The van der Waals surface area contributed by atoms with Crippen molar-refractivity contribution < 1.29 is 23.6 Å². The summed E-state index contributed by atoms with van der Waals surface area (Å²) in [5.74, 6) is 0.192. The van der Waals surface area contributed by atoms with Crippen LogP contribution in [0.4, 0.5) is 4.79 Å². The van der Waals surface area contributed by atoms with E-state index in [-0.39, 0.29) is 5.75 Å². The van der Waals surface area contributed by atoms with Gasteiger partial charge in [0.25, 0.3) is 5.91 Å². The molecule has 0 aliphatic rings. The van der Waals surface area contributed by atoms with Crippen molar-refractivity contribution >= 4 is 29.7 Å². The van der Waals surface area contributed by atoms with Crippen molar-refractivity contribution in [3.8, 4) is 0 Å². The van der Waals surface area contributed by atoms with Crippen molar-refractivity contribution in [2.45, 2.75) is 26.5 Å². The van der Waals surface area contributed by atoms with Gasteiger partial charge in [0.05, 0.1) is 11.4 Å². The third-order valence-corrected chi connectivity index (χ3v) is 3.53. The zero-order valence-corrected chi connectivity index (χ0v) is 13.5. The van der Waals surface area contributed by atoms with E-state index < -0.39 is 24.5 Å². The highest BCUT2D eigenvalue weighted by atomic mass is 32.2. The lowest BCUT2D eigenvalue weighted by molar-refractivity contribution is -0.145. The zero-order valence-electron chi connectivity index (χ0n) is 12.7. The average Bonchev–Trinajstić information content (AvgIpc) is 2.77. The van der Waals surface area contributed by atoms with Crippen LogP contribution in [0.5, 0.6) is 0 Å². The first-order valence-electron chi connectivity index (χ1n) is 6.66. The van der Waals surface area contributed by atoms with E-state index in [1.165, 1.54) is 11.8 Å². The van der Waals surface area contributed by atoms with Gasteiger partial charge in [0.1, 0.15) is 5.76 Å². The van der Waals surface area contributed by atoms with Crippen LogP contribution in [-0.4, -0.2) is 42.0 Å². The van der Waals surface area contributed by atoms with E-state index in [0.717, 1.165) is 17.0 Å². The maximum absolute atomic E-state index is 11.5. The van der Waals surface area contributed by atoms with Gasteiger partial charge in [0, 0.05) is 17.9 Å². The zero-order chi connectivity index (χ0) is 16.5. The number of carbonyl (C=O) groups is 3. The first-order valence-corrected chi connectivity index (χ1v) is 7.82. The maximum atomic E-state index is 11.5. The minimum atomic E-state index is -0.671. The quantitative estimate of drug-likeness (QED) is 0.715. The van der Waals surface area contributed by atoms with Crippen molar-refractivity contribution in [1.29, 1.82) is 0 Å². The summed E-state index contributed by atoms with van der Waals surface area (Å²) >= 11 is 1.34. The third kappa shape index (κ3) is 6.17. The number of aryl methyl sites for hydroxylation is 2. The lowest BCUT2D eigenvalue weighted by Crippen LogP contribution is -2.41. The smallest absolute Gasteiger partial charge is 0.321 e. The summed E-state index contributed by atoms with van der Waals surface area (Å²) in [6.07, 6.45) is 0. The second kappa shape index (κ2) is 9.08. The van der Waals surface area contributed by atoms with Crippen molar-refractivity contribution in [2.75, 3.05) is 18.9 Å². The Hall–Kier alpha value is -2.03. The van der Waals surface area contributed by atoms with E-state index in [2.05, 4.69) is 10.5 Å². The molecule has 1 heterocycles. The molecule has 9 heteroatoms. The van der Waals surface area contributed by atoms with Gasteiger partial charge >= 0.3 is 12.0 Å². The predicted octanol–water partition coefficient (Wildman–Crippen LogP) is 0.914. The average molecular weight is 329 g/mol. The summed E-state index contributed by atoms with van der Waals surface area (Å²) in [7, 11) is 0. The van der Waals surface area contributed by atoms with E-state index in [4.69, 9.17) is 9.26 Å². The monoisotopic (exact) mass is 329 g/mol. The Bertz CT molecular complexity index is 524. The first kappa shape index (κ1) is 18.0. The molecule has 0 aliphatic carbocycles. The van der Waals surface area contributed by atoms with Gasteiger partial charge in [-0.2, -0.15) is 0 Å². The van der Waals surface area contributed by atoms with Crippen LogP contribution in [0, 0.1) is 13.8 Å². The molecule has 1 aromatic heterocycles. The lowest BCUT2D eigenvalue weighted by Gasteiger charge is -2.06. The summed E-state index contributed by atoms with van der Waals surface area (Å²) in [4.78, 5) is 33.9. The Labute approximate surface area is 132 Å². The number of hydrogen-bond acceptors (Lipinski definition) is 7. The van der Waals surface area contributed by atoms with E-state index >= 15 is 0 Å². The number of imide groups is 1. The number of nitrogens with zero attached hydrogens (tertiary/aromatic N) is 1. The molecular weight excluding hydrogens is 310 g/mol. The molecule has 0 bridgehead atoms. The topological polar surface area (TPSA) is 111 Å². The van der Waals surface area contributed by atoms with Gasteiger partial charge in [-0.15, -0.1) is 11.8 Å². The fraction of sp³-hybridized carbons (Fsp3) is 0.538. The number of ether oxygens (including phenoxy) is 1. The van der Waals surface area contributed by atoms with Crippen LogP contribution in [0.1, 0.15) is 23.9 Å². The fourth-order valence-corrected chi connectivity index (χ4v) is 2.47. The number of carbonyl (C=O) groups excluding carboxylic acids is 3. The fourth-order valence-electron chi connectivity index (χ4n) is 1.50. The maximum Gasteiger partial charge on any atom is 0.321 e. The van der Waals surface area contributed by atoms with Gasteiger partial charge in [-0.3, -0.25) is 14.9 Å². The molecule has 0 aliphatic heterocycles. The molecule has 0 aromatic carbocycles. The number of hydrogen-bond donors (Lipinski definition) is 2. The van der Waals surface area contributed by atoms with Gasteiger partial charge in [0.2, 0.25) is 0 Å².